The summed E-state index contributed by atoms with van der Waals surface area (Å²) in [6.45, 7) is 0. The van der Waals surface area contributed by atoms with Crippen molar-refractivity contribution in [1.29, 1.82) is 0 Å². The van der Waals surface area contributed by atoms with Crippen LogP contribution in [0.2, 0.25) is 0 Å². The van der Waals surface area contributed by atoms with Gasteiger partial charge in [-0.2, -0.15) is 0 Å². The second-order valence-corrected chi connectivity index (χ2v) is 4.03. The van der Waals surface area contributed by atoms with Crippen LogP contribution in [0.25, 0.3) is 0 Å². The Labute approximate surface area is 89.6 Å². The zero-order chi connectivity index (χ0) is 10.7. The summed E-state index contributed by atoms with van der Waals surface area (Å²) in [5.41, 5.74) is 6.75. The van der Waals surface area contributed by atoms with E-state index in [1.165, 1.54) is 12.8 Å². The van der Waals surface area contributed by atoms with Crippen LogP contribution in [0, 0.1) is 5.92 Å². The Morgan fingerprint density at radius 3 is 2.40 bits per heavy atom. The highest BCUT2D eigenvalue weighted by molar-refractivity contribution is 5.85. The highest BCUT2D eigenvalue weighted by Gasteiger charge is 2.18. The van der Waals surface area contributed by atoms with E-state index in [2.05, 4.69) is 4.99 Å². The number of hydrogen-bond donors (Lipinski definition) is 2. The molecule has 0 atom stereocenters. The Morgan fingerprint density at radius 1 is 1.20 bits per heavy atom. The maximum atomic E-state index is 9.12. The first-order chi connectivity index (χ1) is 7.25. The fraction of sp³-hybridized carbons (Fsp3) is 0.417. The fourth-order valence-corrected chi connectivity index (χ4v) is 1.99. The molecular weight excluding hydrogens is 188 g/mol. The van der Waals surface area contributed by atoms with E-state index in [0.717, 1.165) is 24.4 Å². The lowest BCUT2D eigenvalue weighted by molar-refractivity contribution is 0.475. The van der Waals surface area contributed by atoms with Crippen molar-refractivity contribution in [2.45, 2.75) is 25.7 Å². The molecular formula is C12H16N2O. The van der Waals surface area contributed by atoms with Gasteiger partial charge in [-0.1, -0.05) is 12.8 Å². The largest absolute Gasteiger partial charge is 0.508 e. The predicted octanol–water partition coefficient (Wildman–Crippen LogP) is 2.57. The van der Waals surface area contributed by atoms with Crippen molar-refractivity contribution in [3.05, 3.63) is 24.3 Å². The zero-order valence-corrected chi connectivity index (χ0v) is 8.69. The first-order valence-electron chi connectivity index (χ1n) is 5.39. The van der Waals surface area contributed by atoms with Crippen LogP contribution < -0.4 is 5.73 Å². The number of amidine groups is 1. The van der Waals surface area contributed by atoms with E-state index in [1.807, 2.05) is 0 Å². The van der Waals surface area contributed by atoms with Crippen molar-refractivity contribution in [1.82, 2.24) is 0 Å². The average molecular weight is 204 g/mol. The van der Waals surface area contributed by atoms with Gasteiger partial charge < -0.3 is 10.8 Å². The van der Waals surface area contributed by atoms with Crippen molar-refractivity contribution in [2.75, 3.05) is 0 Å². The number of nitrogens with zero attached hydrogens (tertiary/aromatic N) is 1. The molecule has 1 aromatic rings. The Bertz CT molecular complexity index is 350. The second-order valence-electron chi connectivity index (χ2n) is 4.03. The molecule has 0 aliphatic heterocycles. The molecule has 1 aromatic carbocycles. The molecule has 1 aliphatic carbocycles. The molecule has 3 N–H and O–H groups in total. The molecule has 3 nitrogen and oxygen atoms in total. The van der Waals surface area contributed by atoms with Gasteiger partial charge in [0.2, 0.25) is 0 Å². The third-order valence-electron chi connectivity index (χ3n) is 2.88. The topological polar surface area (TPSA) is 58.6 Å². The smallest absolute Gasteiger partial charge is 0.115 e. The number of rotatable bonds is 2. The van der Waals surface area contributed by atoms with Gasteiger partial charge in [-0.3, -0.25) is 0 Å². The molecule has 0 radical (unpaired) electrons. The molecule has 0 aromatic heterocycles. The van der Waals surface area contributed by atoms with Crippen molar-refractivity contribution >= 4 is 11.5 Å². The summed E-state index contributed by atoms with van der Waals surface area (Å²) < 4.78 is 0. The standard InChI is InChI=1S/C12H16N2O/c13-12(9-3-1-2-4-9)14-10-5-7-11(15)8-6-10/h5-9,15H,1-4H2,(H2,13,14). The average Bonchev–Trinajstić information content (AvgIpc) is 2.74. The first-order valence-corrected chi connectivity index (χ1v) is 5.39. The van der Waals surface area contributed by atoms with Crippen molar-refractivity contribution in [3.63, 3.8) is 0 Å². The van der Waals surface area contributed by atoms with Gasteiger partial charge in [0, 0.05) is 5.92 Å². The van der Waals surface area contributed by atoms with E-state index in [0.29, 0.717) is 5.92 Å². The van der Waals surface area contributed by atoms with E-state index in [4.69, 9.17) is 10.8 Å². The van der Waals surface area contributed by atoms with E-state index in [-0.39, 0.29) is 5.75 Å². The summed E-state index contributed by atoms with van der Waals surface area (Å²) in [5.74, 6) is 1.45. The van der Waals surface area contributed by atoms with Crippen LogP contribution in [-0.4, -0.2) is 10.9 Å². The Hall–Kier alpha value is -1.51. The van der Waals surface area contributed by atoms with Crippen molar-refractivity contribution in [2.24, 2.45) is 16.6 Å². The van der Waals surface area contributed by atoms with Gasteiger partial charge in [0.15, 0.2) is 0 Å². The molecule has 80 valence electrons. The van der Waals surface area contributed by atoms with Gasteiger partial charge in [0.1, 0.15) is 11.6 Å². The van der Waals surface area contributed by atoms with Gasteiger partial charge in [-0.25, -0.2) is 4.99 Å². The minimum Gasteiger partial charge on any atom is -0.508 e. The van der Waals surface area contributed by atoms with Crippen molar-refractivity contribution < 1.29 is 5.11 Å². The summed E-state index contributed by atoms with van der Waals surface area (Å²) in [7, 11) is 0. The number of benzene rings is 1. The SMILES string of the molecule is NC(=Nc1ccc(O)cc1)C1CCCC1. The lowest BCUT2D eigenvalue weighted by Crippen LogP contribution is -2.20. The van der Waals surface area contributed by atoms with Crippen LogP contribution in [0.1, 0.15) is 25.7 Å². The van der Waals surface area contributed by atoms with Gasteiger partial charge in [0.05, 0.1) is 5.69 Å². The first kappa shape index (κ1) is 10.0. The summed E-state index contributed by atoms with van der Waals surface area (Å²) >= 11 is 0. The summed E-state index contributed by atoms with van der Waals surface area (Å²) in [5, 5.41) is 9.12. The molecule has 1 fully saturated rings. The third kappa shape index (κ3) is 2.49. The van der Waals surface area contributed by atoms with E-state index in [1.54, 1.807) is 24.3 Å². The molecule has 0 heterocycles. The molecule has 0 unspecified atom stereocenters. The van der Waals surface area contributed by atoms with Crippen LogP contribution in [0.3, 0.4) is 0 Å². The molecule has 2 rings (SSSR count). The van der Waals surface area contributed by atoms with E-state index in [9.17, 15) is 0 Å². The van der Waals surface area contributed by atoms with Gasteiger partial charge in [-0.15, -0.1) is 0 Å². The lowest BCUT2D eigenvalue weighted by Gasteiger charge is -2.07. The van der Waals surface area contributed by atoms with E-state index >= 15 is 0 Å². The van der Waals surface area contributed by atoms with Gasteiger partial charge >= 0.3 is 0 Å². The fourth-order valence-electron chi connectivity index (χ4n) is 1.99. The van der Waals surface area contributed by atoms with E-state index < -0.39 is 0 Å². The molecule has 1 aliphatic rings. The number of phenols is 1. The normalized spacial score (nSPS) is 18.3. The van der Waals surface area contributed by atoms with Crippen LogP contribution >= 0.6 is 0 Å². The molecule has 0 amide bonds. The molecule has 15 heavy (non-hydrogen) atoms. The summed E-state index contributed by atoms with van der Waals surface area (Å²) in [6.07, 6.45) is 4.84. The number of aromatic hydroxyl groups is 1. The lowest BCUT2D eigenvalue weighted by atomic mass is 10.1. The minimum atomic E-state index is 0.258. The third-order valence-corrected chi connectivity index (χ3v) is 2.88. The maximum absolute atomic E-state index is 9.12. The molecule has 1 saturated carbocycles. The van der Waals surface area contributed by atoms with Gasteiger partial charge in [-0.05, 0) is 37.1 Å². The molecule has 3 heteroatoms. The molecule has 0 bridgehead atoms. The Balaban J connectivity index is 2.11. The number of phenolic OH excluding ortho intramolecular Hbond substituents is 1. The minimum absolute atomic E-state index is 0.258. The van der Waals surface area contributed by atoms with Crippen LogP contribution in [0.15, 0.2) is 29.3 Å². The monoisotopic (exact) mass is 204 g/mol. The number of nitrogens with two attached hydrogens (primary N) is 1. The summed E-state index contributed by atoms with van der Waals surface area (Å²) in [6, 6.07) is 6.80. The summed E-state index contributed by atoms with van der Waals surface area (Å²) in [4.78, 5) is 4.37. The zero-order valence-electron chi connectivity index (χ0n) is 8.69. The molecule has 0 spiro atoms. The number of hydrogen-bond acceptors (Lipinski definition) is 2. The maximum Gasteiger partial charge on any atom is 0.115 e. The Morgan fingerprint density at radius 2 is 1.80 bits per heavy atom. The highest BCUT2D eigenvalue weighted by Crippen LogP contribution is 2.26. The highest BCUT2D eigenvalue weighted by atomic mass is 16.3. The van der Waals surface area contributed by atoms with Gasteiger partial charge in [0.25, 0.3) is 0 Å². The Kier molecular flexibility index (Phi) is 2.90. The van der Waals surface area contributed by atoms with Crippen LogP contribution in [0.5, 0.6) is 5.75 Å². The molecule has 0 saturated heterocycles. The van der Waals surface area contributed by atoms with Crippen LogP contribution in [-0.2, 0) is 0 Å². The second kappa shape index (κ2) is 4.34. The predicted molar refractivity (Wildman–Crippen MR) is 61.3 cm³/mol. The van der Waals surface area contributed by atoms with Crippen LogP contribution in [0.4, 0.5) is 5.69 Å². The van der Waals surface area contributed by atoms with Crippen molar-refractivity contribution in [3.8, 4) is 5.75 Å². The quantitative estimate of drug-likeness (QED) is 0.574. The number of aliphatic imine (C=N–C) groups is 1.